The lowest BCUT2D eigenvalue weighted by atomic mass is 9.49. The van der Waals surface area contributed by atoms with E-state index in [1.807, 2.05) is 48.5 Å². The van der Waals surface area contributed by atoms with Crippen LogP contribution in [0.3, 0.4) is 0 Å². The quantitative estimate of drug-likeness (QED) is 0.165. The molecule has 0 unspecified atom stereocenters. The molecule has 0 radical (unpaired) electrons. The monoisotopic (exact) mass is 716 g/mol. The van der Waals surface area contributed by atoms with Gasteiger partial charge in [0.2, 0.25) is 23.6 Å². The summed E-state index contributed by atoms with van der Waals surface area (Å²) >= 11 is 6.40. The van der Waals surface area contributed by atoms with Crippen molar-refractivity contribution in [1.82, 2.24) is 4.90 Å². The molecule has 1 saturated carbocycles. The minimum atomic E-state index is -1.37. The molecule has 9 nitrogen and oxygen atoms in total. The number of anilines is 1. The maximum atomic E-state index is 15.3. The summed E-state index contributed by atoms with van der Waals surface area (Å²) < 4.78 is 5.67. The van der Waals surface area contributed by atoms with E-state index >= 15 is 4.79 Å². The van der Waals surface area contributed by atoms with Crippen LogP contribution in [-0.4, -0.2) is 58.5 Å². The van der Waals surface area contributed by atoms with E-state index < -0.39 is 35.0 Å². The van der Waals surface area contributed by atoms with E-state index in [1.165, 1.54) is 9.80 Å². The molecule has 2 saturated heterocycles. The zero-order chi connectivity index (χ0) is 36.1. The number of hydrogen-bond donors (Lipinski definition) is 2. The molecule has 0 aromatic heterocycles. The second-order valence-electron chi connectivity index (χ2n) is 14.0. The number of carbonyl (C=O) groups excluding carboxylic acids is 4. The van der Waals surface area contributed by atoms with Gasteiger partial charge in [-0.2, -0.15) is 0 Å². The van der Waals surface area contributed by atoms with Gasteiger partial charge < -0.3 is 14.9 Å². The van der Waals surface area contributed by atoms with Gasteiger partial charge in [-0.25, -0.2) is 4.90 Å². The van der Waals surface area contributed by atoms with Gasteiger partial charge in [0.15, 0.2) is 0 Å². The number of phenols is 1. The molecule has 3 fully saturated rings. The lowest BCUT2D eigenvalue weighted by Crippen LogP contribution is -2.53. The van der Waals surface area contributed by atoms with Crippen LogP contribution in [-0.2, 0) is 31.0 Å². The molecule has 6 atom stereocenters. The van der Waals surface area contributed by atoms with Gasteiger partial charge in [-0.15, -0.1) is 0 Å². The molecule has 4 amide bonds. The Labute approximate surface area is 306 Å². The fraction of sp³-hybridized carbons (Fsp3) is 0.286. The van der Waals surface area contributed by atoms with E-state index in [1.54, 1.807) is 60.7 Å². The predicted octanol–water partition coefficient (Wildman–Crippen LogP) is 5.82. The number of carbonyl (C=O) groups is 4. The van der Waals surface area contributed by atoms with E-state index in [4.69, 9.17) is 16.3 Å². The first-order valence-corrected chi connectivity index (χ1v) is 18.0. The van der Waals surface area contributed by atoms with E-state index in [9.17, 15) is 24.6 Å². The van der Waals surface area contributed by atoms with E-state index in [2.05, 4.69) is 0 Å². The highest BCUT2D eigenvalue weighted by molar-refractivity contribution is 6.32. The number of hydrogen-bond acceptors (Lipinski definition) is 7. The second-order valence-corrected chi connectivity index (χ2v) is 14.4. The van der Waals surface area contributed by atoms with Crippen molar-refractivity contribution in [3.63, 3.8) is 0 Å². The zero-order valence-corrected chi connectivity index (χ0v) is 29.0. The average Bonchev–Trinajstić information content (AvgIpc) is 3.54. The van der Waals surface area contributed by atoms with E-state index in [-0.39, 0.29) is 55.6 Å². The Kier molecular flexibility index (Phi) is 8.71. The Morgan fingerprint density at radius 1 is 0.827 bits per heavy atom. The van der Waals surface area contributed by atoms with E-state index in [0.717, 1.165) is 16.7 Å². The number of phenolic OH excluding ortho intramolecular Hbond substituents is 1. The number of aliphatic hydroxyl groups excluding tert-OH is 1. The highest BCUT2D eigenvalue weighted by Crippen LogP contribution is 2.64. The van der Waals surface area contributed by atoms with Crippen molar-refractivity contribution in [3.05, 3.63) is 136 Å². The minimum Gasteiger partial charge on any atom is -0.508 e. The Hall–Kier alpha value is -5.25. The van der Waals surface area contributed by atoms with Gasteiger partial charge in [-0.05, 0) is 84.3 Å². The van der Waals surface area contributed by atoms with Gasteiger partial charge in [0.25, 0.3) is 0 Å². The predicted molar refractivity (Wildman–Crippen MR) is 194 cm³/mol. The van der Waals surface area contributed by atoms with Crippen LogP contribution in [0.25, 0.3) is 0 Å². The summed E-state index contributed by atoms with van der Waals surface area (Å²) in [6, 6.07) is 30.2. The summed E-state index contributed by atoms with van der Waals surface area (Å²) in [5.41, 5.74) is 2.24. The standard InChI is InChI=1S/C42H37ClN2O7/c43-28-7-4-8-29(23-28)45-39(49)35-24-34-32(17-18-33-36(34)40(50)44(38(33)48)20-19-25-9-13-30(47)14-10-25)37(26-11-15-31(16-12-26)52-22-21-46)42(35,41(45)51)27-5-2-1-3-6-27/h1-17,23,33-37,46-47H,18-22,24H2/t33-,34+,35-,36-,37-,42+/m0/s1. The first-order chi connectivity index (χ1) is 25.2. The number of aromatic hydroxyl groups is 1. The fourth-order valence-electron chi connectivity index (χ4n) is 9.23. The smallest absolute Gasteiger partial charge is 0.246 e. The number of benzene rings is 4. The number of aliphatic hydroxyl groups is 1. The molecule has 10 heteroatoms. The molecule has 52 heavy (non-hydrogen) atoms. The summed E-state index contributed by atoms with van der Waals surface area (Å²) in [6.07, 6.45) is 3.03. The van der Waals surface area contributed by atoms with Crippen LogP contribution in [0, 0.1) is 23.7 Å². The molecule has 264 valence electrons. The number of nitrogens with zero attached hydrogens (tertiary/aromatic N) is 2. The summed E-state index contributed by atoms with van der Waals surface area (Å²) in [7, 11) is 0. The molecule has 2 aliphatic heterocycles. The van der Waals surface area contributed by atoms with Gasteiger partial charge in [-0.1, -0.05) is 83.9 Å². The van der Waals surface area contributed by atoms with Crippen LogP contribution in [0.15, 0.2) is 115 Å². The van der Waals surface area contributed by atoms with Crippen molar-refractivity contribution in [2.75, 3.05) is 24.7 Å². The van der Waals surface area contributed by atoms with Gasteiger partial charge in [0, 0.05) is 17.5 Å². The lowest BCUT2D eigenvalue weighted by molar-refractivity contribution is -0.140. The van der Waals surface area contributed by atoms with Gasteiger partial charge in [0.1, 0.15) is 18.1 Å². The third kappa shape index (κ3) is 5.33. The van der Waals surface area contributed by atoms with E-state index in [0.29, 0.717) is 34.9 Å². The van der Waals surface area contributed by atoms with Crippen LogP contribution in [0.5, 0.6) is 11.5 Å². The third-order valence-electron chi connectivity index (χ3n) is 11.4. The molecule has 8 rings (SSSR count). The van der Waals surface area contributed by atoms with Crippen LogP contribution in [0.2, 0.25) is 5.02 Å². The zero-order valence-electron chi connectivity index (χ0n) is 28.2. The number of allylic oxidation sites excluding steroid dienone is 2. The summed E-state index contributed by atoms with van der Waals surface area (Å²) in [5.74, 6) is -3.76. The fourth-order valence-corrected chi connectivity index (χ4v) is 9.41. The van der Waals surface area contributed by atoms with Crippen molar-refractivity contribution in [3.8, 4) is 11.5 Å². The molecular weight excluding hydrogens is 680 g/mol. The Morgan fingerprint density at radius 2 is 1.58 bits per heavy atom. The van der Waals surface area contributed by atoms with Gasteiger partial charge >= 0.3 is 0 Å². The van der Waals surface area contributed by atoms with Crippen molar-refractivity contribution < 1.29 is 34.1 Å². The number of imide groups is 2. The third-order valence-corrected chi connectivity index (χ3v) is 11.6. The van der Waals surface area contributed by atoms with Gasteiger partial charge in [0.05, 0.1) is 35.5 Å². The van der Waals surface area contributed by atoms with Crippen molar-refractivity contribution >= 4 is 40.9 Å². The highest BCUT2D eigenvalue weighted by atomic mass is 35.5. The highest BCUT2D eigenvalue weighted by Gasteiger charge is 2.70. The first-order valence-electron chi connectivity index (χ1n) is 17.6. The molecular formula is C42H37ClN2O7. The Bertz CT molecular complexity index is 2080. The Balaban J connectivity index is 1.26. The molecule has 0 spiro atoms. The molecule has 4 aliphatic rings. The molecule has 2 aliphatic carbocycles. The van der Waals surface area contributed by atoms with Crippen LogP contribution >= 0.6 is 11.6 Å². The number of ether oxygens (including phenoxy) is 1. The number of likely N-dealkylation sites (tertiary alicyclic amines) is 1. The molecule has 4 aromatic rings. The normalized spacial score (nSPS) is 26.6. The summed E-state index contributed by atoms with van der Waals surface area (Å²) in [5, 5.41) is 19.4. The molecule has 2 heterocycles. The van der Waals surface area contributed by atoms with Gasteiger partial charge in [-0.3, -0.25) is 24.1 Å². The number of rotatable bonds is 9. The topological polar surface area (TPSA) is 124 Å². The van der Waals surface area contributed by atoms with Crippen molar-refractivity contribution in [2.45, 2.75) is 30.6 Å². The molecule has 0 bridgehead atoms. The molecule has 2 N–H and O–H groups in total. The van der Waals surface area contributed by atoms with Crippen LogP contribution in [0.4, 0.5) is 5.69 Å². The SMILES string of the molecule is O=C1[C@H]2[C@H](CC=C3[C@H]2C[C@H]2C(=O)N(c4cccc(Cl)c4)C(=O)[C@@]2(c2ccccc2)[C@H]3c2ccc(OCCO)cc2)C(=O)N1CCc1ccc(O)cc1. The van der Waals surface area contributed by atoms with Crippen molar-refractivity contribution in [1.29, 1.82) is 0 Å². The Morgan fingerprint density at radius 3 is 2.29 bits per heavy atom. The first kappa shape index (κ1) is 33.9. The number of amides is 4. The minimum absolute atomic E-state index is 0.121. The number of halogens is 1. The summed E-state index contributed by atoms with van der Waals surface area (Å²) in [6.45, 7) is 0.179. The van der Waals surface area contributed by atoms with Crippen LogP contribution < -0.4 is 9.64 Å². The maximum Gasteiger partial charge on any atom is 0.246 e. The summed E-state index contributed by atoms with van der Waals surface area (Å²) in [4.78, 5) is 61.2. The molecule has 4 aromatic carbocycles. The second kappa shape index (κ2) is 13.4. The lowest BCUT2D eigenvalue weighted by Gasteiger charge is -2.50. The average molecular weight is 717 g/mol. The maximum absolute atomic E-state index is 15.3. The number of fused-ring (bicyclic) bond motifs is 4. The van der Waals surface area contributed by atoms with Crippen molar-refractivity contribution in [2.24, 2.45) is 23.7 Å². The van der Waals surface area contributed by atoms with Crippen LogP contribution in [0.1, 0.15) is 35.4 Å². The largest absolute Gasteiger partial charge is 0.508 e.